The van der Waals surface area contributed by atoms with Crippen molar-refractivity contribution in [3.05, 3.63) is 86.1 Å². The molecule has 1 aliphatic heterocycles. The van der Waals surface area contributed by atoms with E-state index in [1.807, 2.05) is 29.2 Å². The molecule has 0 bridgehead atoms. The summed E-state index contributed by atoms with van der Waals surface area (Å²) in [6.45, 7) is 3.52. The lowest BCUT2D eigenvalue weighted by atomic mass is 10.0. The fourth-order valence-corrected chi connectivity index (χ4v) is 6.98. The molecule has 2 heterocycles. The first-order chi connectivity index (χ1) is 17.8. The summed E-state index contributed by atoms with van der Waals surface area (Å²) >= 11 is 12.2. The molecule has 3 aliphatic rings. The SMILES string of the molecule is O=C(C1=CC=C(NS(=O)(=O)C2=c3ncccc3=CCC2)CC1)N1CCN(Cc2cc(Cl)cc(Cl)c2)CC1. The number of nitrogens with one attached hydrogen (secondary N) is 1. The Morgan fingerprint density at radius 3 is 2.46 bits per heavy atom. The van der Waals surface area contributed by atoms with E-state index in [9.17, 15) is 13.2 Å². The van der Waals surface area contributed by atoms with Gasteiger partial charge in [0.2, 0.25) is 5.91 Å². The topological polar surface area (TPSA) is 82.6 Å². The fourth-order valence-electron chi connectivity index (χ4n) is 4.96. The van der Waals surface area contributed by atoms with Crippen LogP contribution in [0.4, 0.5) is 0 Å². The number of hydrogen-bond acceptors (Lipinski definition) is 5. The lowest BCUT2D eigenvalue weighted by Gasteiger charge is -2.35. The number of rotatable bonds is 6. The molecule has 0 radical (unpaired) electrons. The van der Waals surface area contributed by atoms with E-state index in [0.29, 0.717) is 70.3 Å². The summed E-state index contributed by atoms with van der Waals surface area (Å²) in [4.78, 5) is 21.9. The number of carbonyl (C=O) groups is 1. The van der Waals surface area contributed by atoms with Crippen molar-refractivity contribution in [2.75, 3.05) is 26.2 Å². The molecule has 37 heavy (non-hydrogen) atoms. The van der Waals surface area contributed by atoms with Crippen LogP contribution >= 0.6 is 23.2 Å². The van der Waals surface area contributed by atoms with Crippen molar-refractivity contribution in [1.29, 1.82) is 0 Å². The number of hydrogen-bond donors (Lipinski definition) is 1. The highest BCUT2D eigenvalue weighted by molar-refractivity contribution is 7.98. The lowest BCUT2D eigenvalue weighted by molar-refractivity contribution is -0.129. The number of fused-ring (bicyclic) bond motifs is 1. The van der Waals surface area contributed by atoms with Crippen LogP contribution in [0.5, 0.6) is 0 Å². The van der Waals surface area contributed by atoms with Crippen LogP contribution < -0.4 is 15.3 Å². The largest absolute Gasteiger partial charge is 0.336 e. The van der Waals surface area contributed by atoms with Gasteiger partial charge in [-0.2, -0.15) is 0 Å². The average Bonchev–Trinajstić information content (AvgIpc) is 2.88. The Morgan fingerprint density at radius 2 is 1.76 bits per heavy atom. The van der Waals surface area contributed by atoms with Gasteiger partial charge in [-0.1, -0.05) is 41.4 Å². The van der Waals surface area contributed by atoms with E-state index in [4.69, 9.17) is 23.2 Å². The Morgan fingerprint density at radius 1 is 1.00 bits per heavy atom. The zero-order valence-electron chi connectivity index (χ0n) is 20.3. The molecule has 194 valence electrons. The minimum atomic E-state index is -3.72. The molecule has 1 aromatic carbocycles. The van der Waals surface area contributed by atoms with Crippen molar-refractivity contribution in [1.82, 2.24) is 19.5 Å². The number of carbonyl (C=O) groups excluding carboxylic acids is 1. The molecule has 2 aliphatic carbocycles. The Balaban J connectivity index is 1.20. The van der Waals surface area contributed by atoms with E-state index in [1.165, 1.54) is 0 Å². The van der Waals surface area contributed by atoms with Crippen LogP contribution in [0.15, 0.2) is 60.0 Å². The summed E-state index contributed by atoms with van der Waals surface area (Å²) in [6, 6.07) is 9.23. The molecule has 5 rings (SSSR count). The van der Waals surface area contributed by atoms with Gasteiger partial charge in [0.1, 0.15) is 0 Å². The molecule has 1 saturated heterocycles. The van der Waals surface area contributed by atoms with Crippen molar-refractivity contribution < 1.29 is 13.2 Å². The molecule has 7 nitrogen and oxygen atoms in total. The highest BCUT2D eigenvalue weighted by Crippen LogP contribution is 2.24. The van der Waals surface area contributed by atoms with Crippen LogP contribution in [0.3, 0.4) is 0 Å². The molecular weight excluding hydrogens is 531 g/mol. The fraction of sp³-hybridized carbons (Fsp3) is 0.333. The van der Waals surface area contributed by atoms with Gasteiger partial charge in [-0.05, 0) is 66.8 Å². The second kappa shape index (κ2) is 11.0. The van der Waals surface area contributed by atoms with Crippen molar-refractivity contribution >= 4 is 50.1 Å². The molecule has 1 aromatic heterocycles. The van der Waals surface area contributed by atoms with Gasteiger partial charge in [-0.3, -0.25) is 19.4 Å². The number of halogens is 2. The van der Waals surface area contributed by atoms with E-state index < -0.39 is 10.0 Å². The van der Waals surface area contributed by atoms with Crippen LogP contribution in [0.1, 0.15) is 31.2 Å². The smallest absolute Gasteiger partial charge is 0.259 e. The summed E-state index contributed by atoms with van der Waals surface area (Å²) in [5, 5.41) is 2.60. The van der Waals surface area contributed by atoms with Crippen LogP contribution in [0.25, 0.3) is 11.0 Å². The zero-order chi connectivity index (χ0) is 26.0. The van der Waals surface area contributed by atoms with Crippen LogP contribution in [-0.4, -0.2) is 55.3 Å². The minimum Gasteiger partial charge on any atom is -0.336 e. The highest BCUT2D eigenvalue weighted by atomic mass is 35.5. The van der Waals surface area contributed by atoms with E-state index in [-0.39, 0.29) is 5.91 Å². The number of sulfonamides is 1. The quantitative estimate of drug-likeness (QED) is 0.589. The van der Waals surface area contributed by atoms with Gasteiger partial charge in [-0.25, -0.2) is 8.42 Å². The Hall–Kier alpha value is -2.65. The molecule has 2 aromatic rings. The minimum absolute atomic E-state index is 0.0129. The molecule has 1 N–H and O–H groups in total. The Bertz CT molecular complexity index is 1490. The molecule has 10 heteroatoms. The predicted molar refractivity (Wildman–Crippen MR) is 146 cm³/mol. The maximum Gasteiger partial charge on any atom is 0.259 e. The first-order valence-corrected chi connectivity index (χ1v) is 14.6. The third-order valence-corrected chi connectivity index (χ3v) is 8.85. The number of nitrogens with zero attached hydrogens (tertiary/aromatic N) is 3. The van der Waals surface area contributed by atoms with E-state index >= 15 is 0 Å². The molecule has 0 spiro atoms. The third-order valence-electron chi connectivity index (χ3n) is 6.84. The normalized spacial score (nSPS) is 18.4. The molecular formula is C27H28Cl2N4O3S. The monoisotopic (exact) mass is 558 g/mol. The first kappa shape index (κ1) is 26.0. The Kier molecular flexibility index (Phi) is 7.72. The number of benzene rings is 1. The average molecular weight is 560 g/mol. The lowest BCUT2D eigenvalue weighted by Crippen LogP contribution is -2.48. The molecule has 1 amide bonds. The summed E-state index contributed by atoms with van der Waals surface area (Å²) < 4.78 is 29.0. The highest BCUT2D eigenvalue weighted by Gasteiger charge is 2.26. The first-order valence-electron chi connectivity index (χ1n) is 12.3. The second-order valence-electron chi connectivity index (χ2n) is 9.44. The second-order valence-corrected chi connectivity index (χ2v) is 12.0. The summed E-state index contributed by atoms with van der Waals surface area (Å²) in [5.41, 5.74) is 2.34. The number of amides is 1. The van der Waals surface area contributed by atoms with Gasteiger partial charge in [-0.15, -0.1) is 0 Å². The molecule has 0 atom stereocenters. The number of aromatic nitrogens is 1. The summed E-state index contributed by atoms with van der Waals surface area (Å²) in [6.07, 6.45) is 9.11. The van der Waals surface area contributed by atoms with E-state index in [2.05, 4.69) is 14.6 Å². The van der Waals surface area contributed by atoms with E-state index in [1.54, 1.807) is 30.5 Å². The van der Waals surface area contributed by atoms with Crippen molar-refractivity contribution in [3.63, 3.8) is 0 Å². The molecule has 0 unspecified atom stereocenters. The zero-order valence-corrected chi connectivity index (χ0v) is 22.6. The van der Waals surface area contributed by atoms with Crippen LogP contribution in [-0.2, 0) is 21.4 Å². The summed E-state index contributed by atoms with van der Waals surface area (Å²) in [7, 11) is -3.72. The Labute approximate surface area is 226 Å². The predicted octanol–water partition coefficient (Wildman–Crippen LogP) is 2.94. The number of allylic oxidation sites excluding steroid dienone is 3. The van der Waals surface area contributed by atoms with Crippen LogP contribution in [0, 0.1) is 0 Å². The van der Waals surface area contributed by atoms with Crippen molar-refractivity contribution in [2.45, 2.75) is 32.2 Å². The van der Waals surface area contributed by atoms with Gasteiger partial charge >= 0.3 is 0 Å². The van der Waals surface area contributed by atoms with Crippen molar-refractivity contribution in [2.24, 2.45) is 0 Å². The number of piperazine rings is 1. The van der Waals surface area contributed by atoms with Crippen molar-refractivity contribution in [3.8, 4) is 0 Å². The number of pyridine rings is 1. The maximum absolute atomic E-state index is 13.1. The van der Waals surface area contributed by atoms with Gasteiger partial charge in [0.05, 0.1) is 10.3 Å². The standard InChI is InChI=1S/C27H28Cl2N4O3S/c28-22-15-19(16-23(29)17-22)18-32-11-13-33(14-12-32)27(34)21-6-8-24(9-7-21)31-37(35,36)25-5-1-3-20-4-2-10-30-26(20)25/h2-4,6,8,10,15-17,31H,1,5,7,9,11-14,18H2. The maximum atomic E-state index is 13.1. The van der Waals surface area contributed by atoms with Gasteiger partial charge < -0.3 is 4.90 Å². The van der Waals surface area contributed by atoms with Gasteiger partial charge in [0.25, 0.3) is 10.0 Å². The summed E-state index contributed by atoms with van der Waals surface area (Å²) in [5.74, 6) is 0.0129. The van der Waals surface area contributed by atoms with Crippen LogP contribution in [0.2, 0.25) is 10.0 Å². The molecule has 0 saturated carbocycles. The molecule has 1 fully saturated rings. The van der Waals surface area contributed by atoms with Gasteiger partial charge in [0.15, 0.2) is 0 Å². The van der Waals surface area contributed by atoms with E-state index in [0.717, 1.165) is 30.4 Å². The third kappa shape index (κ3) is 6.09. The van der Waals surface area contributed by atoms with Gasteiger partial charge in [0, 0.05) is 60.2 Å².